The van der Waals surface area contributed by atoms with Crippen molar-refractivity contribution in [2.24, 2.45) is 0 Å². The molecule has 1 aromatic heterocycles. The van der Waals surface area contributed by atoms with Crippen molar-refractivity contribution in [3.63, 3.8) is 0 Å². The van der Waals surface area contributed by atoms with Gasteiger partial charge in [0, 0.05) is 44.3 Å². The van der Waals surface area contributed by atoms with Crippen LogP contribution < -0.4 is 10.2 Å². The van der Waals surface area contributed by atoms with Crippen LogP contribution in [0.1, 0.15) is 17.5 Å². The normalized spacial score (nSPS) is 19.8. The van der Waals surface area contributed by atoms with E-state index in [0.29, 0.717) is 26.2 Å². The number of para-hydroxylation sites is 1. The molecular weight excluding hydrogens is 371 g/mol. The topological polar surface area (TPSA) is 61.4 Å². The van der Waals surface area contributed by atoms with E-state index in [9.17, 15) is 18.0 Å². The molecule has 0 radical (unpaired) electrons. The van der Waals surface area contributed by atoms with Gasteiger partial charge in [0.1, 0.15) is 6.04 Å². The molecule has 1 N–H and O–H groups in total. The highest BCUT2D eigenvalue weighted by Gasteiger charge is 2.33. The van der Waals surface area contributed by atoms with Gasteiger partial charge in [-0.3, -0.25) is 4.79 Å². The van der Waals surface area contributed by atoms with Gasteiger partial charge in [-0.25, -0.2) is 9.97 Å². The molecule has 148 valence electrons. The summed E-state index contributed by atoms with van der Waals surface area (Å²) in [7, 11) is 0. The number of rotatable bonds is 2. The van der Waals surface area contributed by atoms with E-state index in [0.717, 1.165) is 30.9 Å². The minimum atomic E-state index is -4.45. The number of fused-ring (bicyclic) bond motifs is 1. The Morgan fingerprint density at radius 2 is 1.75 bits per heavy atom. The van der Waals surface area contributed by atoms with E-state index in [1.165, 1.54) is 5.56 Å². The molecule has 1 fully saturated rings. The minimum absolute atomic E-state index is 0.0579. The smallest absolute Gasteiger partial charge is 0.373 e. The third kappa shape index (κ3) is 3.74. The number of carbonyl (C=O) groups excluding carboxylic acids is 1. The molecule has 2 aliphatic heterocycles. The Hall–Kier alpha value is -2.84. The molecule has 0 saturated carbocycles. The summed E-state index contributed by atoms with van der Waals surface area (Å²) in [6, 6.07) is 7.73. The highest BCUT2D eigenvalue weighted by molar-refractivity contribution is 5.86. The zero-order valence-electron chi connectivity index (χ0n) is 15.1. The fourth-order valence-electron chi connectivity index (χ4n) is 3.60. The SMILES string of the molecule is O=C([C@@H]1CCc2ccccc2N1)N1CCN(c2ncc(C(F)(F)F)cn2)CC1. The van der Waals surface area contributed by atoms with E-state index >= 15 is 0 Å². The molecule has 2 aromatic rings. The van der Waals surface area contributed by atoms with Gasteiger partial charge in [-0.05, 0) is 24.5 Å². The van der Waals surface area contributed by atoms with Crippen molar-refractivity contribution in [1.29, 1.82) is 0 Å². The van der Waals surface area contributed by atoms with Gasteiger partial charge in [0.25, 0.3) is 0 Å². The van der Waals surface area contributed by atoms with Crippen molar-refractivity contribution in [3.8, 4) is 0 Å². The molecule has 1 amide bonds. The quantitative estimate of drug-likeness (QED) is 0.853. The van der Waals surface area contributed by atoms with E-state index in [2.05, 4.69) is 21.4 Å². The van der Waals surface area contributed by atoms with E-state index in [1.54, 1.807) is 9.80 Å². The van der Waals surface area contributed by atoms with Crippen molar-refractivity contribution in [2.75, 3.05) is 36.4 Å². The Bertz CT molecular complexity index is 847. The summed E-state index contributed by atoms with van der Waals surface area (Å²) in [6.45, 7) is 1.95. The fourth-order valence-corrected chi connectivity index (χ4v) is 3.60. The maximum Gasteiger partial charge on any atom is 0.419 e. The number of carbonyl (C=O) groups is 1. The number of hydrogen-bond donors (Lipinski definition) is 1. The molecule has 3 heterocycles. The van der Waals surface area contributed by atoms with Crippen molar-refractivity contribution in [3.05, 3.63) is 47.8 Å². The van der Waals surface area contributed by atoms with E-state index in [1.807, 2.05) is 18.2 Å². The lowest BCUT2D eigenvalue weighted by Crippen LogP contribution is -2.53. The van der Waals surface area contributed by atoms with Gasteiger partial charge in [0.2, 0.25) is 11.9 Å². The molecule has 4 rings (SSSR count). The van der Waals surface area contributed by atoms with Gasteiger partial charge in [-0.2, -0.15) is 13.2 Å². The summed E-state index contributed by atoms with van der Waals surface area (Å²) in [6.07, 6.45) is -1.25. The van der Waals surface area contributed by atoms with Crippen LogP contribution in [0, 0.1) is 0 Å². The molecule has 0 unspecified atom stereocenters. The summed E-state index contributed by atoms with van der Waals surface area (Å²) in [5.74, 6) is 0.312. The van der Waals surface area contributed by atoms with Crippen LogP contribution in [0.2, 0.25) is 0 Å². The molecule has 1 aromatic carbocycles. The number of piperazine rings is 1. The molecule has 1 atom stereocenters. The molecule has 28 heavy (non-hydrogen) atoms. The predicted molar refractivity (Wildman–Crippen MR) is 98.0 cm³/mol. The summed E-state index contributed by atoms with van der Waals surface area (Å²) < 4.78 is 37.9. The van der Waals surface area contributed by atoms with E-state index in [4.69, 9.17) is 0 Å². The van der Waals surface area contributed by atoms with Gasteiger partial charge in [0.15, 0.2) is 0 Å². The first-order chi connectivity index (χ1) is 13.4. The summed E-state index contributed by atoms with van der Waals surface area (Å²) in [5.41, 5.74) is 1.36. The number of anilines is 2. The van der Waals surface area contributed by atoms with Gasteiger partial charge < -0.3 is 15.1 Å². The lowest BCUT2D eigenvalue weighted by atomic mass is 9.97. The molecule has 9 heteroatoms. The van der Waals surface area contributed by atoms with Crippen LogP contribution in [0.4, 0.5) is 24.8 Å². The van der Waals surface area contributed by atoms with Gasteiger partial charge in [-0.15, -0.1) is 0 Å². The summed E-state index contributed by atoms with van der Waals surface area (Å²) in [5, 5.41) is 3.32. The van der Waals surface area contributed by atoms with E-state index in [-0.39, 0.29) is 17.9 Å². The molecule has 0 spiro atoms. The first-order valence-electron chi connectivity index (χ1n) is 9.19. The number of hydrogen-bond acceptors (Lipinski definition) is 5. The van der Waals surface area contributed by atoms with Crippen LogP contribution in [-0.4, -0.2) is 53.0 Å². The maximum atomic E-state index is 12.8. The van der Waals surface area contributed by atoms with Crippen LogP contribution in [0.3, 0.4) is 0 Å². The molecule has 0 bridgehead atoms. The highest BCUT2D eigenvalue weighted by Crippen LogP contribution is 2.29. The number of aromatic nitrogens is 2. The molecular formula is C19H20F3N5O. The van der Waals surface area contributed by atoms with Crippen LogP contribution >= 0.6 is 0 Å². The van der Waals surface area contributed by atoms with Crippen LogP contribution in [0.25, 0.3) is 0 Å². The largest absolute Gasteiger partial charge is 0.419 e. The van der Waals surface area contributed by atoms with Gasteiger partial charge in [0.05, 0.1) is 5.56 Å². The number of halogens is 3. The Morgan fingerprint density at radius 1 is 1.07 bits per heavy atom. The first kappa shape index (κ1) is 18.5. The monoisotopic (exact) mass is 391 g/mol. The van der Waals surface area contributed by atoms with Crippen molar-refractivity contribution >= 4 is 17.5 Å². The first-order valence-corrected chi connectivity index (χ1v) is 9.19. The molecule has 1 saturated heterocycles. The van der Waals surface area contributed by atoms with Gasteiger partial charge >= 0.3 is 6.18 Å². The lowest BCUT2D eigenvalue weighted by Gasteiger charge is -2.37. The van der Waals surface area contributed by atoms with Crippen molar-refractivity contribution < 1.29 is 18.0 Å². The lowest BCUT2D eigenvalue weighted by molar-refractivity contribution is -0.138. The number of nitrogens with zero attached hydrogens (tertiary/aromatic N) is 4. The zero-order chi connectivity index (χ0) is 19.7. The van der Waals surface area contributed by atoms with Gasteiger partial charge in [-0.1, -0.05) is 18.2 Å². The third-order valence-electron chi connectivity index (χ3n) is 5.19. The highest BCUT2D eigenvalue weighted by atomic mass is 19.4. The standard InChI is InChI=1S/C19H20F3N5O/c20-19(21,22)14-11-23-18(24-12-14)27-9-7-26(8-10-27)17(28)16-6-5-13-3-1-2-4-15(13)25-16/h1-4,11-12,16,25H,5-10H2/t16-/m0/s1. The van der Waals surface area contributed by atoms with Crippen LogP contribution in [-0.2, 0) is 17.4 Å². The molecule has 2 aliphatic rings. The summed E-state index contributed by atoms with van der Waals surface area (Å²) in [4.78, 5) is 24.1. The Morgan fingerprint density at radius 3 is 2.43 bits per heavy atom. The second-order valence-corrected chi connectivity index (χ2v) is 6.97. The average Bonchev–Trinajstić information content (AvgIpc) is 2.72. The number of benzene rings is 1. The molecule has 0 aliphatic carbocycles. The third-order valence-corrected chi connectivity index (χ3v) is 5.19. The Labute approximate surface area is 160 Å². The Kier molecular flexibility index (Phi) is 4.82. The minimum Gasteiger partial charge on any atom is -0.373 e. The number of amides is 1. The summed E-state index contributed by atoms with van der Waals surface area (Å²) >= 11 is 0. The fraction of sp³-hybridized carbons (Fsp3) is 0.421. The van der Waals surface area contributed by atoms with E-state index < -0.39 is 11.7 Å². The maximum absolute atomic E-state index is 12.8. The predicted octanol–water partition coefficient (Wildman–Crippen LogP) is 2.57. The number of alkyl halides is 3. The van der Waals surface area contributed by atoms with Crippen molar-refractivity contribution in [1.82, 2.24) is 14.9 Å². The average molecular weight is 391 g/mol. The zero-order valence-corrected chi connectivity index (χ0v) is 15.1. The van der Waals surface area contributed by atoms with Crippen molar-refractivity contribution in [2.45, 2.75) is 25.1 Å². The second kappa shape index (κ2) is 7.29. The van der Waals surface area contributed by atoms with Crippen LogP contribution in [0.15, 0.2) is 36.7 Å². The van der Waals surface area contributed by atoms with Crippen LogP contribution in [0.5, 0.6) is 0 Å². The number of aryl methyl sites for hydroxylation is 1. The molecule has 6 nitrogen and oxygen atoms in total. The Balaban J connectivity index is 1.35. The number of nitrogens with one attached hydrogen (secondary N) is 1. The second-order valence-electron chi connectivity index (χ2n) is 6.97.